The maximum absolute atomic E-state index is 13.0. The van der Waals surface area contributed by atoms with Crippen LogP contribution in [0.3, 0.4) is 0 Å². The number of carbonyl (C=O) groups is 1. The molecule has 2 aromatic rings. The maximum atomic E-state index is 13.0. The fourth-order valence-electron chi connectivity index (χ4n) is 3.01. The smallest absolute Gasteiger partial charge is 0.266 e. The van der Waals surface area contributed by atoms with Gasteiger partial charge in [0.05, 0.1) is 17.7 Å². The van der Waals surface area contributed by atoms with Crippen molar-refractivity contribution < 1.29 is 19.0 Å². The lowest BCUT2D eigenvalue weighted by atomic mass is 10.1. The van der Waals surface area contributed by atoms with Gasteiger partial charge in [0.15, 0.2) is 16.7 Å². The van der Waals surface area contributed by atoms with E-state index in [1.807, 2.05) is 25.1 Å². The van der Waals surface area contributed by atoms with E-state index in [9.17, 15) is 4.79 Å². The zero-order chi connectivity index (χ0) is 20.4. The molecular formula is C21H19ClN2O4S. The number of hydrogen-bond acceptors (Lipinski definition) is 6. The van der Waals surface area contributed by atoms with Crippen molar-refractivity contribution >= 4 is 46.2 Å². The molecule has 2 heterocycles. The van der Waals surface area contributed by atoms with Crippen molar-refractivity contribution in [1.29, 1.82) is 0 Å². The quantitative estimate of drug-likeness (QED) is 0.618. The van der Waals surface area contributed by atoms with E-state index in [4.69, 9.17) is 25.8 Å². The van der Waals surface area contributed by atoms with Crippen LogP contribution in [0.2, 0.25) is 5.02 Å². The second-order valence-corrected chi connectivity index (χ2v) is 7.83. The third-order valence-corrected chi connectivity index (χ3v) is 5.66. The first-order chi connectivity index (χ1) is 14.1. The Labute approximate surface area is 178 Å². The molecule has 150 valence electrons. The summed E-state index contributed by atoms with van der Waals surface area (Å²) in [7, 11) is 1.58. The van der Waals surface area contributed by atoms with Gasteiger partial charge in [-0.3, -0.25) is 9.69 Å². The monoisotopic (exact) mass is 430 g/mol. The second-order valence-electron chi connectivity index (χ2n) is 6.39. The fraction of sp³-hybridized carbons (Fsp3) is 0.238. The molecule has 1 fully saturated rings. The van der Waals surface area contributed by atoms with Crippen molar-refractivity contribution in [2.75, 3.05) is 20.4 Å². The number of ether oxygens (including phenoxy) is 3. The molecule has 2 aromatic carbocycles. The molecule has 1 amide bonds. The molecule has 0 bridgehead atoms. The zero-order valence-electron chi connectivity index (χ0n) is 16.0. The third kappa shape index (κ3) is 4.06. The highest BCUT2D eigenvalue weighted by molar-refractivity contribution is 8.18. The zero-order valence-corrected chi connectivity index (χ0v) is 17.5. The number of amidine groups is 1. The van der Waals surface area contributed by atoms with Gasteiger partial charge in [0.1, 0.15) is 5.75 Å². The molecule has 8 heteroatoms. The summed E-state index contributed by atoms with van der Waals surface area (Å²) in [5.41, 5.74) is 1.49. The average Bonchev–Trinajstić information content (AvgIpc) is 3.29. The van der Waals surface area contributed by atoms with Crippen LogP contribution in [0.1, 0.15) is 18.9 Å². The van der Waals surface area contributed by atoms with E-state index in [0.717, 1.165) is 17.7 Å². The van der Waals surface area contributed by atoms with Crippen LogP contribution in [0.15, 0.2) is 46.3 Å². The van der Waals surface area contributed by atoms with E-state index in [1.54, 1.807) is 36.3 Å². The van der Waals surface area contributed by atoms with Gasteiger partial charge in [-0.25, -0.2) is 4.99 Å². The van der Waals surface area contributed by atoms with Crippen molar-refractivity contribution in [3.05, 3.63) is 51.9 Å². The number of nitrogens with zero attached hydrogens (tertiary/aromatic N) is 2. The molecule has 0 aromatic heterocycles. The molecular weight excluding hydrogens is 412 g/mol. The number of fused-ring (bicyclic) bond motifs is 1. The third-order valence-electron chi connectivity index (χ3n) is 4.40. The summed E-state index contributed by atoms with van der Waals surface area (Å²) in [6.07, 6.45) is 2.63. The number of methoxy groups -OCH3 is 1. The van der Waals surface area contributed by atoms with Gasteiger partial charge in [-0.1, -0.05) is 18.5 Å². The van der Waals surface area contributed by atoms with Crippen molar-refractivity contribution in [2.24, 2.45) is 4.99 Å². The highest BCUT2D eigenvalue weighted by atomic mass is 35.5. The van der Waals surface area contributed by atoms with Crippen LogP contribution in [0, 0.1) is 0 Å². The summed E-state index contributed by atoms with van der Waals surface area (Å²) in [6, 6.07) is 10.8. The Morgan fingerprint density at radius 3 is 2.66 bits per heavy atom. The number of carbonyl (C=O) groups excluding carboxylic acids is 1. The van der Waals surface area contributed by atoms with Crippen LogP contribution in [0.25, 0.3) is 6.08 Å². The predicted molar refractivity (Wildman–Crippen MR) is 115 cm³/mol. The molecule has 0 atom stereocenters. The van der Waals surface area contributed by atoms with Gasteiger partial charge in [-0.15, -0.1) is 0 Å². The lowest BCUT2D eigenvalue weighted by molar-refractivity contribution is -0.122. The second kappa shape index (κ2) is 8.39. The molecule has 0 unspecified atom stereocenters. The van der Waals surface area contributed by atoms with Gasteiger partial charge in [-0.2, -0.15) is 0 Å². The predicted octanol–water partition coefficient (Wildman–Crippen LogP) is 5.09. The number of hydrogen-bond donors (Lipinski definition) is 0. The van der Waals surface area contributed by atoms with Crippen molar-refractivity contribution in [3.63, 3.8) is 0 Å². The molecule has 0 saturated carbocycles. The number of halogens is 1. The molecule has 4 rings (SSSR count). The van der Waals surface area contributed by atoms with Gasteiger partial charge >= 0.3 is 0 Å². The van der Waals surface area contributed by atoms with Gasteiger partial charge in [0.2, 0.25) is 6.79 Å². The molecule has 2 aliphatic rings. The SMILES string of the molecule is CCCN1C(=O)/C(=C/c2cc3c(cc2OC)OCO3)SC1=Nc1ccc(Cl)cc1. The Balaban J connectivity index is 1.70. The maximum Gasteiger partial charge on any atom is 0.266 e. The Morgan fingerprint density at radius 1 is 1.24 bits per heavy atom. The summed E-state index contributed by atoms with van der Waals surface area (Å²) in [4.78, 5) is 19.9. The van der Waals surface area contributed by atoms with E-state index in [1.165, 1.54) is 11.8 Å². The highest BCUT2D eigenvalue weighted by Gasteiger charge is 2.33. The molecule has 0 radical (unpaired) electrons. The van der Waals surface area contributed by atoms with E-state index < -0.39 is 0 Å². The minimum absolute atomic E-state index is 0.0794. The summed E-state index contributed by atoms with van der Waals surface area (Å²) < 4.78 is 16.3. The number of aliphatic imine (C=N–C) groups is 1. The van der Waals surface area contributed by atoms with Crippen LogP contribution in [-0.2, 0) is 4.79 Å². The Morgan fingerprint density at radius 2 is 1.97 bits per heavy atom. The molecule has 0 N–H and O–H groups in total. The minimum atomic E-state index is -0.0794. The van der Waals surface area contributed by atoms with Crippen molar-refractivity contribution in [1.82, 2.24) is 4.90 Å². The average molecular weight is 431 g/mol. The van der Waals surface area contributed by atoms with Gasteiger partial charge in [0.25, 0.3) is 5.91 Å². The van der Waals surface area contributed by atoms with Crippen LogP contribution in [-0.4, -0.2) is 36.4 Å². The van der Waals surface area contributed by atoms with Crippen molar-refractivity contribution in [3.8, 4) is 17.2 Å². The lowest BCUT2D eigenvalue weighted by Crippen LogP contribution is -2.29. The van der Waals surface area contributed by atoms with Crippen LogP contribution < -0.4 is 14.2 Å². The van der Waals surface area contributed by atoms with Crippen molar-refractivity contribution in [2.45, 2.75) is 13.3 Å². The first kappa shape index (κ1) is 19.7. The summed E-state index contributed by atoms with van der Waals surface area (Å²) in [6.45, 7) is 2.79. The Hall–Kier alpha value is -2.64. The molecule has 6 nitrogen and oxygen atoms in total. The summed E-state index contributed by atoms with van der Waals surface area (Å²) in [5.74, 6) is 1.80. The van der Waals surface area contributed by atoms with Gasteiger partial charge in [0, 0.05) is 23.2 Å². The topological polar surface area (TPSA) is 60.4 Å². The van der Waals surface area contributed by atoms with Gasteiger partial charge in [-0.05, 0) is 54.6 Å². The first-order valence-corrected chi connectivity index (χ1v) is 10.3. The number of benzene rings is 2. The molecule has 0 aliphatic carbocycles. The fourth-order valence-corrected chi connectivity index (χ4v) is 4.15. The minimum Gasteiger partial charge on any atom is -0.496 e. The normalized spacial score (nSPS) is 18.2. The van der Waals surface area contributed by atoms with E-state index in [-0.39, 0.29) is 12.7 Å². The standard InChI is InChI=1S/C21H19ClN2O4S/c1-3-8-24-20(25)19(29-21(24)23-15-6-4-14(22)5-7-15)10-13-9-17-18(28-12-27-17)11-16(13)26-2/h4-7,9-11H,3,8,12H2,1-2H3/b19-10-,23-21?. The Kier molecular flexibility index (Phi) is 5.69. The Bertz CT molecular complexity index is 1000. The number of thioether (sulfide) groups is 1. The number of rotatable bonds is 5. The first-order valence-electron chi connectivity index (χ1n) is 9.12. The van der Waals surface area contributed by atoms with E-state index >= 15 is 0 Å². The van der Waals surface area contributed by atoms with Crippen LogP contribution >= 0.6 is 23.4 Å². The van der Waals surface area contributed by atoms with E-state index in [2.05, 4.69) is 4.99 Å². The summed E-state index contributed by atoms with van der Waals surface area (Å²) >= 11 is 7.29. The van der Waals surface area contributed by atoms with Crippen LogP contribution in [0.4, 0.5) is 5.69 Å². The molecule has 0 spiro atoms. The highest BCUT2D eigenvalue weighted by Crippen LogP contribution is 2.41. The molecule has 1 saturated heterocycles. The molecule has 29 heavy (non-hydrogen) atoms. The van der Waals surface area contributed by atoms with Crippen LogP contribution in [0.5, 0.6) is 17.2 Å². The van der Waals surface area contributed by atoms with E-state index in [0.29, 0.717) is 38.9 Å². The lowest BCUT2D eigenvalue weighted by Gasteiger charge is -2.14. The number of amides is 1. The molecule has 2 aliphatic heterocycles. The van der Waals surface area contributed by atoms with Gasteiger partial charge < -0.3 is 14.2 Å². The summed E-state index contributed by atoms with van der Waals surface area (Å²) in [5, 5.41) is 1.29. The largest absolute Gasteiger partial charge is 0.496 e.